The van der Waals surface area contributed by atoms with Gasteiger partial charge in [0.15, 0.2) is 0 Å². The van der Waals surface area contributed by atoms with Crippen LogP contribution in [0.1, 0.15) is 4.88 Å². The molecule has 2 heteroatoms. The molecule has 0 aliphatic carbocycles. The zero-order valence-corrected chi connectivity index (χ0v) is 7.26. The van der Waals surface area contributed by atoms with Crippen LogP contribution in [0.25, 0.3) is 10.1 Å². The molecule has 0 spiro atoms. The molecule has 0 aromatic carbocycles. The van der Waals surface area contributed by atoms with Gasteiger partial charge in [0.1, 0.15) is 0 Å². The monoisotopic (exact) mass is 167 g/mol. The fourth-order valence-corrected chi connectivity index (χ4v) is 2.64. The van der Waals surface area contributed by atoms with E-state index in [1.165, 1.54) is 15.0 Å². The molecule has 2 rings (SSSR count). The van der Waals surface area contributed by atoms with E-state index in [9.17, 15) is 0 Å². The van der Waals surface area contributed by atoms with Crippen molar-refractivity contribution in [3.05, 3.63) is 27.8 Å². The fourth-order valence-electron chi connectivity index (χ4n) is 0.921. The second-order valence-electron chi connectivity index (χ2n) is 2.23. The zero-order valence-electron chi connectivity index (χ0n) is 5.63. The second-order valence-corrected chi connectivity index (χ2v) is 4.29. The number of fused-ring (bicyclic) bond motifs is 1. The van der Waals surface area contributed by atoms with Gasteiger partial charge in [-0.15, -0.1) is 11.3 Å². The van der Waals surface area contributed by atoms with Crippen molar-refractivity contribution in [2.45, 2.75) is 6.92 Å². The number of aryl methyl sites for hydroxylation is 1. The van der Waals surface area contributed by atoms with E-state index in [-0.39, 0.29) is 0 Å². The first-order valence-electron chi connectivity index (χ1n) is 3.12. The lowest BCUT2D eigenvalue weighted by molar-refractivity contribution is 1.65. The van der Waals surface area contributed by atoms with Crippen LogP contribution < -0.4 is 0 Å². The molecule has 0 amide bonds. The summed E-state index contributed by atoms with van der Waals surface area (Å²) >= 11 is 3.62. The molecule has 2 heterocycles. The summed E-state index contributed by atoms with van der Waals surface area (Å²) in [7, 11) is 0. The molecule has 0 saturated heterocycles. The van der Waals surface area contributed by atoms with Gasteiger partial charge in [0.05, 0.1) is 5.39 Å². The summed E-state index contributed by atoms with van der Waals surface area (Å²) in [6, 6.07) is 4.40. The first-order chi connectivity index (χ1) is 4.86. The number of hydrogen-bond donors (Lipinski definition) is 0. The first kappa shape index (κ1) is 6.25. The third-order valence-electron chi connectivity index (χ3n) is 1.43. The van der Waals surface area contributed by atoms with Gasteiger partial charge in [0.25, 0.3) is 0 Å². The van der Waals surface area contributed by atoms with E-state index in [1.807, 2.05) is 22.7 Å². The largest absolute Gasteiger partial charge is 0.215 e. The van der Waals surface area contributed by atoms with Crippen molar-refractivity contribution in [1.29, 1.82) is 0 Å². The van der Waals surface area contributed by atoms with Crippen molar-refractivity contribution in [1.82, 2.24) is 0 Å². The van der Waals surface area contributed by atoms with Crippen LogP contribution in [0.4, 0.5) is 0 Å². The number of hydrogen-bond acceptors (Lipinski definition) is 1. The Morgan fingerprint density at radius 3 is 3.30 bits per heavy atom. The van der Waals surface area contributed by atoms with E-state index in [2.05, 4.69) is 29.8 Å². The highest BCUT2D eigenvalue weighted by molar-refractivity contribution is 7.18. The molecule has 0 N–H and O–H groups in total. The van der Waals surface area contributed by atoms with Crippen molar-refractivity contribution in [2.75, 3.05) is 0 Å². The second kappa shape index (κ2) is 2.29. The highest BCUT2D eigenvalue weighted by Crippen LogP contribution is 2.23. The molecule has 0 unspecified atom stereocenters. The Balaban J connectivity index is 2.86. The van der Waals surface area contributed by atoms with E-state index in [1.54, 1.807) is 0 Å². The van der Waals surface area contributed by atoms with Gasteiger partial charge in [0, 0.05) is 17.7 Å². The Labute approximate surface area is 67.8 Å². The summed E-state index contributed by atoms with van der Waals surface area (Å²) < 4.78 is 1.40. The molecule has 0 saturated carbocycles. The van der Waals surface area contributed by atoms with Crippen molar-refractivity contribution in [3.8, 4) is 0 Å². The third kappa shape index (κ3) is 0.935. The molecule has 0 bridgehead atoms. The van der Waals surface area contributed by atoms with E-state index in [4.69, 9.17) is 0 Å². The molecule has 2 aromatic rings. The van der Waals surface area contributed by atoms with Gasteiger partial charge in [-0.25, -0.2) is 0 Å². The zero-order chi connectivity index (χ0) is 6.97. The quantitative estimate of drug-likeness (QED) is 0.526. The SMILES string of the molecule is Cc1cc2sccc2c[s+]1. The van der Waals surface area contributed by atoms with Crippen molar-refractivity contribution in [3.63, 3.8) is 0 Å². The summed E-state index contributed by atoms with van der Waals surface area (Å²) in [6.07, 6.45) is 0. The van der Waals surface area contributed by atoms with E-state index in [0.29, 0.717) is 0 Å². The minimum atomic E-state index is 1.38. The highest BCUT2D eigenvalue weighted by Gasteiger charge is 2.02. The van der Waals surface area contributed by atoms with Crippen molar-refractivity contribution in [2.24, 2.45) is 0 Å². The summed E-state index contributed by atoms with van der Waals surface area (Å²) in [6.45, 7) is 2.14. The number of thiophene rings is 1. The average molecular weight is 167 g/mol. The maximum absolute atomic E-state index is 2.24. The Kier molecular flexibility index (Phi) is 1.43. The molecular weight excluding hydrogens is 160 g/mol. The molecule has 0 fully saturated rings. The fraction of sp³-hybridized carbons (Fsp3) is 0.125. The predicted octanol–water partition coefficient (Wildman–Crippen LogP) is 3.55. The molecule has 0 nitrogen and oxygen atoms in total. The Bertz CT molecular complexity index is 349. The minimum Gasteiger partial charge on any atom is -0.143 e. The predicted molar refractivity (Wildman–Crippen MR) is 48.8 cm³/mol. The van der Waals surface area contributed by atoms with E-state index >= 15 is 0 Å². The Morgan fingerprint density at radius 2 is 2.40 bits per heavy atom. The lowest BCUT2D eigenvalue weighted by atomic mass is 10.4. The molecule has 0 radical (unpaired) electrons. The average Bonchev–Trinajstić information content (AvgIpc) is 2.33. The molecule has 0 atom stereocenters. The van der Waals surface area contributed by atoms with Crippen molar-refractivity contribution >= 4 is 32.8 Å². The molecule has 2 aromatic heterocycles. The minimum absolute atomic E-state index is 1.38. The van der Waals surface area contributed by atoms with Gasteiger partial charge >= 0.3 is 0 Å². The third-order valence-corrected chi connectivity index (χ3v) is 3.17. The van der Waals surface area contributed by atoms with Gasteiger partial charge < -0.3 is 0 Å². The summed E-state index contributed by atoms with van der Waals surface area (Å²) in [5, 5.41) is 5.72. The molecule has 0 aliphatic rings. The van der Waals surface area contributed by atoms with Crippen LogP contribution in [0.3, 0.4) is 0 Å². The van der Waals surface area contributed by atoms with Gasteiger partial charge in [0.2, 0.25) is 21.6 Å². The van der Waals surface area contributed by atoms with Crippen LogP contribution in [0.2, 0.25) is 0 Å². The maximum Gasteiger partial charge on any atom is 0.215 e. The van der Waals surface area contributed by atoms with Crippen LogP contribution in [0.15, 0.2) is 22.9 Å². The molecule has 50 valence electrons. The highest BCUT2D eigenvalue weighted by atomic mass is 32.1. The summed E-state index contributed by atoms with van der Waals surface area (Å²) in [5.74, 6) is 0. The standard InChI is InChI=1S/C8H7S2/c1-6-4-8-7(5-10-6)2-3-9-8/h2-5H,1H3/q+1. The van der Waals surface area contributed by atoms with Crippen LogP contribution in [-0.2, 0) is 0 Å². The van der Waals surface area contributed by atoms with E-state index < -0.39 is 0 Å². The van der Waals surface area contributed by atoms with Crippen LogP contribution in [0, 0.1) is 6.92 Å². The number of rotatable bonds is 0. The Hall–Kier alpha value is -0.470. The van der Waals surface area contributed by atoms with Crippen LogP contribution in [0.5, 0.6) is 0 Å². The van der Waals surface area contributed by atoms with Gasteiger partial charge in [-0.1, -0.05) is 0 Å². The Morgan fingerprint density at radius 1 is 1.50 bits per heavy atom. The van der Waals surface area contributed by atoms with E-state index in [0.717, 1.165) is 0 Å². The summed E-state index contributed by atoms with van der Waals surface area (Å²) in [5.41, 5.74) is 0. The topological polar surface area (TPSA) is 0 Å². The lowest BCUT2D eigenvalue weighted by Crippen LogP contribution is -1.61. The molecular formula is C8H7S2+. The summed E-state index contributed by atoms with van der Waals surface area (Å²) in [4.78, 5) is 1.38. The smallest absolute Gasteiger partial charge is 0.143 e. The van der Waals surface area contributed by atoms with Crippen molar-refractivity contribution < 1.29 is 0 Å². The normalized spacial score (nSPS) is 10.5. The first-order valence-corrected chi connectivity index (χ1v) is 4.88. The van der Waals surface area contributed by atoms with Crippen LogP contribution >= 0.6 is 22.7 Å². The van der Waals surface area contributed by atoms with Gasteiger partial charge in [-0.05, 0) is 11.4 Å². The molecule has 10 heavy (non-hydrogen) atoms. The maximum atomic E-state index is 2.24. The van der Waals surface area contributed by atoms with Crippen LogP contribution in [-0.4, -0.2) is 0 Å². The van der Waals surface area contributed by atoms with Gasteiger partial charge in [-0.3, -0.25) is 0 Å². The van der Waals surface area contributed by atoms with Gasteiger partial charge in [-0.2, -0.15) is 0 Å². The molecule has 0 aliphatic heterocycles. The lowest BCUT2D eigenvalue weighted by Gasteiger charge is -1.78.